The first kappa shape index (κ1) is 27.9. The number of imide groups is 1. The Bertz CT molecular complexity index is 1640. The summed E-state index contributed by atoms with van der Waals surface area (Å²) < 4.78 is 13.2. The molecule has 0 aliphatic carbocycles. The van der Waals surface area contributed by atoms with Crippen LogP contribution in [0.4, 0.5) is 0 Å². The number of carbonyl (C=O) groups is 2. The highest BCUT2D eigenvalue weighted by molar-refractivity contribution is 9.10. The lowest BCUT2D eigenvalue weighted by molar-refractivity contribution is -0.136. The molecule has 4 aromatic rings. The average Bonchev–Trinajstić information content (AvgIpc) is 3.37. The number of fused-ring (bicyclic) bond motifs is 3. The summed E-state index contributed by atoms with van der Waals surface area (Å²) in [5.74, 6) is 0.193. The molecule has 2 atom stereocenters. The van der Waals surface area contributed by atoms with Crippen molar-refractivity contribution in [3.05, 3.63) is 135 Å². The molecule has 0 aromatic heterocycles. The van der Waals surface area contributed by atoms with E-state index in [9.17, 15) is 9.59 Å². The quantitative estimate of drug-likeness (QED) is 0.195. The first-order valence-electron chi connectivity index (χ1n) is 13.8. The topological polar surface area (TPSA) is 88.4 Å². The lowest BCUT2D eigenvalue weighted by Gasteiger charge is -2.32. The number of ether oxygens (including phenoxy) is 2. The number of nitrogens with zero attached hydrogens (tertiary/aromatic N) is 2. The molecule has 2 heterocycles. The van der Waals surface area contributed by atoms with Gasteiger partial charge in [-0.2, -0.15) is 0 Å². The monoisotopic (exact) mass is 624 g/mol. The van der Waals surface area contributed by atoms with Gasteiger partial charge in [0.25, 0.3) is 11.8 Å². The molecule has 0 spiro atoms. The van der Waals surface area contributed by atoms with Gasteiger partial charge >= 0.3 is 0 Å². The number of rotatable bonds is 8. The first-order chi connectivity index (χ1) is 20.5. The fourth-order valence-electron chi connectivity index (χ4n) is 5.49. The molecule has 8 heteroatoms. The van der Waals surface area contributed by atoms with E-state index in [0.717, 1.165) is 21.2 Å². The summed E-state index contributed by atoms with van der Waals surface area (Å²) in [6, 6.07) is 31.6. The summed E-state index contributed by atoms with van der Waals surface area (Å²) in [5, 5.41) is 9.04. The Morgan fingerprint density at radius 2 is 1.69 bits per heavy atom. The van der Waals surface area contributed by atoms with Gasteiger partial charge in [-0.25, -0.2) is 4.99 Å². The van der Waals surface area contributed by atoms with Crippen molar-refractivity contribution < 1.29 is 24.2 Å². The SMILES string of the molecule is O=C(c1ccccc1)N1Cc2ccccc2[C@H]2OC(c3ccc(OCCCO)cc3)=N[C@@]2(Cc2ccccc2Br)C1=O. The number of hydrogen-bond acceptors (Lipinski definition) is 6. The van der Waals surface area contributed by atoms with Crippen molar-refractivity contribution in [2.45, 2.75) is 31.0 Å². The molecule has 212 valence electrons. The van der Waals surface area contributed by atoms with Crippen molar-refractivity contribution >= 4 is 33.6 Å². The van der Waals surface area contributed by atoms with Gasteiger partial charge in [-0.15, -0.1) is 0 Å². The normalized spacial score (nSPS) is 19.3. The second kappa shape index (κ2) is 11.9. The first-order valence-corrected chi connectivity index (χ1v) is 14.6. The van der Waals surface area contributed by atoms with Crippen LogP contribution in [-0.4, -0.2) is 46.5 Å². The predicted octanol–water partition coefficient (Wildman–Crippen LogP) is 5.89. The molecule has 4 aromatic carbocycles. The number of benzene rings is 4. The van der Waals surface area contributed by atoms with E-state index < -0.39 is 17.6 Å². The van der Waals surface area contributed by atoms with Crippen LogP contribution >= 0.6 is 15.9 Å². The maximum absolute atomic E-state index is 14.8. The molecular weight excluding hydrogens is 596 g/mol. The zero-order valence-corrected chi connectivity index (χ0v) is 24.4. The molecule has 0 unspecified atom stereocenters. The van der Waals surface area contributed by atoms with Gasteiger partial charge in [0.1, 0.15) is 5.75 Å². The Morgan fingerprint density at radius 3 is 2.45 bits per heavy atom. The van der Waals surface area contributed by atoms with Gasteiger partial charge in [0.05, 0.1) is 13.2 Å². The van der Waals surface area contributed by atoms with Crippen molar-refractivity contribution in [1.82, 2.24) is 4.90 Å². The second-order valence-corrected chi connectivity index (χ2v) is 11.2. The molecule has 6 rings (SSSR count). The van der Waals surface area contributed by atoms with Crippen LogP contribution in [0.15, 0.2) is 113 Å². The van der Waals surface area contributed by atoms with Crippen LogP contribution in [0.1, 0.15) is 45.1 Å². The number of aliphatic hydroxyl groups is 1. The van der Waals surface area contributed by atoms with Crippen LogP contribution in [0.2, 0.25) is 0 Å². The Hall–Kier alpha value is -4.27. The Morgan fingerprint density at radius 1 is 0.976 bits per heavy atom. The maximum Gasteiger partial charge on any atom is 0.262 e. The van der Waals surface area contributed by atoms with E-state index in [2.05, 4.69) is 15.9 Å². The van der Waals surface area contributed by atoms with Crippen molar-refractivity contribution in [3.8, 4) is 5.75 Å². The third-order valence-electron chi connectivity index (χ3n) is 7.60. The van der Waals surface area contributed by atoms with Gasteiger partial charge in [0, 0.05) is 40.6 Å². The highest BCUT2D eigenvalue weighted by Crippen LogP contribution is 2.47. The molecule has 0 saturated heterocycles. The van der Waals surface area contributed by atoms with Crippen LogP contribution in [0.5, 0.6) is 5.75 Å². The lowest BCUT2D eigenvalue weighted by atomic mass is 9.81. The fraction of sp³-hybridized carbons (Fsp3) is 0.206. The van der Waals surface area contributed by atoms with Crippen LogP contribution in [0.25, 0.3) is 0 Å². The van der Waals surface area contributed by atoms with E-state index in [4.69, 9.17) is 19.6 Å². The number of carbonyl (C=O) groups excluding carboxylic acids is 2. The van der Waals surface area contributed by atoms with Crippen molar-refractivity contribution in [3.63, 3.8) is 0 Å². The molecule has 0 saturated carbocycles. The Labute approximate surface area is 252 Å². The average molecular weight is 626 g/mol. The highest BCUT2D eigenvalue weighted by Gasteiger charge is 2.58. The van der Waals surface area contributed by atoms with Crippen molar-refractivity contribution in [2.75, 3.05) is 13.2 Å². The summed E-state index contributed by atoms with van der Waals surface area (Å²) in [6.45, 7) is 0.578. The maximum atomic E-state index is 14.8. The fourth-order valence-corrected chi connectivity index (χ4v) is 5.91. The number of aliphatic imine (C=N–C) groups is 1. The van der Waals surface area contributed by atoms with Crippen LogP contribution < -0.4 is 4.74 Å². The third-order valence-corrected chi connectivity index (χ3v) is 8.38. The van der Waals surface area contributed by atoms with Gasteiger partial charge in [0.15, 0.2) is 11.6 Å². The molecule has 2 amide bonds. The number of aliphatic hydroxyl groups excluding tert-OH is 1. The predicted molar refractivity (Wildman–Crippen MR) is 162 cm³/mol. The molecule has 42 heavy (non-hydrogen) atoms. The Balaban J connectivity index is 1.48. The second-order valence-electron chi connectivity index (χ2n) is 10.3. The van der Waals surface area contributed by atoms with Crippen LogP contribution in [0, 0.1) is 0 Å². The van der Waals surface area contributed by atoms with E-state index in [-0.39, 0.29) is 25.5 Å². The molecule has 7 nitrogen and oxygen atoms in total. The lowest BCUT2D eigenvalue weighted by Crippen LogP contribution is -2.51. The van der Waals surface area contributed by atoms with Gasteiger partial charge in [-0.1, -0.05) is 76.6 Å². The van der Waals surface area contributed by atoms with E-state index >= 15 is 0 Å². The number of halogens is 1. The van der Waals surface area contributed by atoms with E-state index in [1.165, 1.54) is 4.90 Å². The van der Waals surface area contributed by atoms with Gasteiger partial charge in [0.2, 0.25) is 5.90 Å². The van der Waals surface area contributed by atoms with E-state index in [1.807, 2.05) is 78.9 Å². The minimum Gasteiger partial charge on any atom is -0.494 e. The van der Waals surface area contributed by atoms with E-state index in [0.29, 0.717) is 35.8 Å². The molecule has 0 bridgehead atoms. The minimum absolute atomic E-state index is 0.0586. The van der Waals surface area contributed by atoms with Gasteiger partial charge in [-0.3, -0.25) is 14.5 Å². The largest absolute Gasteiger partial charge is 0.494 e. The van der Waals surface area contributed by atoms with E-state index in [1.54, 1.807) is 24.3 Å². The van der Waals surface area contributed by atoms with Crippen molar-refractivity contribution in [1.29, 1.82) is 0 Å². The molecule has 2 aliphatic rings. The van der Waals surface area contributed by atoms with Crippen LogP contribution in [0.3, 0.4) is 0 Å². The van der Waals surface area contributed by atoms with Gasteiger partial charge < -0.3 is 14.6 Å². The minimum atomic E-state index is -1.44. The standard InChI is InChI=1S/C34H29BrN2O5/c35-29-14-7-5-11-25(29)21-34-30(42-31(36-34)23-15-17-27(18-16-23)41-20-8-19-38)28-13-6-4-12-26(28)22-37(33(34)40)32(39)24-9-2-1-3-10-24/h1-7,9-18,30,38H,8,19-22H2/t30-,34-/m1/s1. The zero-order valence-electron chi connectivity index (χ0n) is 22.8. The molecule has 2 aliphatic heterocycles. The van der Waals surface area contributed by atoms with Crippen molar-refractivity contribution in [2.24, 2.45) is 4.99 Å². The summed E-state index contributed by atoms with van der Waals surface area (Å²) in [6.07, 6.45) is 0.00472. The smallest absolute Gasteiger partial charge is 0.262 e. The zero-order chi connectivity index (χ0) is 29.1. The Kier molecular flexibility index (Phi) is 7.91. The number of amides is 2. The van der Waals surface area contributed by atoms with Gasteiger partial charge in [-0.05, 0) is 53.6 Å². The highest BCUT2D eigenvalue weighted by atomic mass is 79.9. The summed E-state index contributed by atoms with van der Waals surface area (Å²) in [5.41, 5.74) is 2.21. The summed E-state index contributed by atoms with van der Waals surface area (Å²) in [7, 11) is 0. The summed E-state index contributed by atoms with van der Waals surface area (Å²) >= 11 is 3.65. The molecule has 1 N–H and O–H groups in total. The molecule has 0 radical (unpaired) electrons. The van der Waals surface area contributed by atoms with Crippen LogP contribution in [-0.2, 0) is 22.5 Å². The summed E-state index contributed by atoms with van der Waals surface area (Å²) in [4.78, 5) is 35.1. The molecular formula is C34H29BrN2O5. The third kappa shape index (κ3) is 5.24. The molecule has 0 fully saturated rings. The number of hydrogen-bond donors (Lipinski definition) is 1.